The molecule has 0 radical (unpaired) electrons. The highest BCUT2D eigenvalue weighted by molar-refractivity contribution is 5.99. The van der Waals surface area contributed by atoms with Crippen LogP contribution in [0.15, 0.2) is 109 Å². The van der Waals surface area contributed by atoms with Crippen molar-refractivity contribution in [1.82, 2.24) is 57.8 Å². The number of nitrogens with two attached hydrogens (primary N) is 4. The van der Waals surface area contributed by atoms with E-state index in [9.17, 15) is 57.8 Å². The quantitative estimate of drug-likeness (QED) is 0.0125. The maximum atomic E-state index is 14.8. The third kappa shape index (κ3) is 24.7. The number of carbonyl (C=O) groups is 11. The first-order valence-corrected chi connectivity index (χ1v) is 27.5. The van der Waals surface area contributed by atoms with Crippen LogP contribution in [0.1, 0.15) is 75.8 Å². The van der Waals surface area contributed by atoms with Crippen molar-refractivity contribution in [2.24, 2.45) is 33.8 Å². The minimum Gasteiger partial charge on any atom is -0.481 e. The van der Waals surface area contributed by atoms with Crippen LogP contribution in [0, 0.1) is 5.92 Å². The van der Waals surface area contributed by atoms with Crippen LogP contribution in [0.5, 0.6) is 0 Å². The van der Waals surface area contributed by atoms with Crippen molar-refractivity contribution >= 4 is 71.0 Å². The zero-order valence-corrected chi connectivity index (χ0v) is 47.8. The van der Waals surface area contributed by atoms with Gasteiger partial charge in [-0.15, -0.1) is 0 Å². The number of hydrogen-bond donors (Lipinski definition) is 15. The van der Waals surface area contributed by atoms with Crippen LogP contribution in [0.3, 0.4) is 0 Å². The number of aromatic nitrogens is 2. The summed E-state index contributed by atoms with van der Waals surface area (Å²) < 4.78 is 0. The van der Waals surface area contributed by atoms with Crippen molar-refractivity contribution in [1.29, 1.82) is 0 Å². The molecular formula is C57H78N16O12. The van der Waals surface area contributed by atoms with Crippen LogP contribution < -0.4 is 70.8 Å². The lowest BCUT2D eigenvalue weighted by atomic mass is 10.0. The lowest BCUT2D eigenvalue weighted by molar-refractivity contribution is -0.141. The van der Waals surface area contributed by atoms with Crippen molar-refractivity contribution in [2.75, 3.05) is 13.1 Å². The standard InChI is InChI=1S/C57H78N16O12/c1-32(2)23-41(70-49(78)33(3)58)52(81)66-34(4)50(79)64-30-46(74)67-45(28-47(75)76)56(85)73-44(27-38-29-62-31-65-38)55(84)72-43(26-37-19-12-7-13-20-37)54(83)71-42(25-36-17-10-6-11-18-36)53(82)68-39(21-14-22-63-57(60)61)51(80)69-40(48(59)77)24-35-15-8-5-9-16-35/h5-13,15-20,29,31-34,39-45H,14,21-28,30,58H2,1-4H3,(H2,59,77)(H,62,65)(H,64,79)(H,66,81)(H,67,74)(H,68,82)(H,69,80)(H,70,78)(H,71,83)(H,72,84)(H,73,85)(H,75,76)(H4,60,61,63)/t33-,34-,39-,40-,41-,42-,43-,44-,45-/m0/s1. The molecule has 28 heteroatoms. The minimum absolute atomic E-state index is 0.0374. The van der Waals surface area contributed by atoms with E-state index >= 15 is 0 Å². The van der Waals surface area contributed by atoms with E-state index in [0.29, 0.717) is 22.4 Å². The highest BCUT2D eigenvalue weighted by Gasteiger charge is 2.35. The van der Waals surface area contributed by atoms with Gasteiger partial charge in [0.05, 0.1) is 25.3 Å². The van der Waals surface area contributed by atoms with Gasteiger partial charge in [-0.2, -0.15) is 0 Å². The van der Waals surface area contributed by atoms with E-state index in [1.54, 1.807) is 91.0 Å². The molecule has 4 aromatic rings. The molecule has 19 N–H and O–H groups in total. The van der Waals surface area contributed by atoms with Gasteiger partial charge in [-0.1, -0.05) is 105 Å². The molecule has 0 bridgehead atoms. The lowest BCUT2D eigenvalue weighted by Gasteiger charge is -2.28. The number of amides is 10. The molecule has 9 atom stereocenters. The van der Waals surface area contributed by atoms with Crippen molar-refractivity contribution in [2.45, 2.75) is 133 Å². The predicted octanol–water partition coefficient (Wildman–Crippen LogP) is -2.90. The van der Waals surface area contributed by atoms with Crippen molar-refractivity contribution in [3.05, 3.63) is 126 Å². The van der Waals surface area contributed by atoms with E-state index in [1.807, 2.05) is 13.8 Å². The van der Waals surface area contributed by atoms with Gasteiger partial charge in [0.1, 0.15) is 48.3 Å². The first-order valence-electron chi connectivity index (χ1n) is 27.5. The van der Waals surface area contributed by atoms with Crippen LogP contribution in [0.25, 0.3) is 0 Å². The number of carboxylic acid groups (broad SMARTS) is 1. The molecule has 0 saturated heterocycles. The Morgan fingerprint density at radius 2 is 0.965 bits per heavy atom. The molecule has 0 fully saturated rings. The monoisotopic (exact) mass is 1180 g/mol. The highest BCUT2D eigenvalue weighted by Crippen LogP contribution is 2.12. The number of benzene rings is 3. The molecule has 0 unspecified atom stereocenters. The summed E-state index contributed by atoms with van der Waals surface area (Å²) in [4.78, 5) is 159. The predicted molar refractivity (Wildman–Crippen MR) is 311 cm³/mol. The molecule has 10 amide bonds. The van der Waals surface area contributed by atoms with Crippen molar-refractivity contribution in [3.8, 4) is 0 Å². The van der Waals surface area contributed by atoms with Gasteiger partial charge in [-0.25, -0.2) is 4.98 Å². The van der Waals surface area contributed by atoms with E-state index in [1.165, 1.54) is 26.4 Å². The number of imidazole rings is 1. The molecule has 0 spiro atoms. The van der Waals surface area contributed by atoms with Crippen molar-refractivity contribution < 1.29 is 57.8 Å². The average molecular weight is 1180 g/mol. The summed E-state index contributed by atoms with van der Waals surface area (Å²) >= 11 is 0. The summed E-state index contributed by atoms with van der Waals surface area (Å²) in [6, 6.07) is 13.8. The summed E-state index contributed by atoms with van der Waals surface area (Å²) in [6.45, 7) is 5.67. The smallest absolute Gasteiger partial charge is 0.305 e. The van der Waals surface area contributed by atoms with Crippen LogP contribution >= 0.6 is 0 Å². The summed E-state index contributed by atoms with van der Waals surface area (Å²) in [5, 5.41) is 32.7. The number of aliphatic imine (C=N–C) groups is 1. The summed E-state index contributed by atoms with van der Waals surface area (Å²) in [5.41, 5.74) is 24.6. The Morgan fingerprint density at radius 3 is 1.41 bits per heavy atom. The Labute approximate surface area is 491 Å². The number of hydrogen-bond acceptors (Lipinski definition) is 14. The fraction of sp³-hybridized carbons (Fsp3) is 0.421. The first-order chi connectivity index (χ1) is 40.4. The molecule has 0 aliphatic heterocycles. The van der Waals surface area contributed by atoms with Gasteiger partial charge in [-0.3, -0.25) is 57.7 Å². The van der Waals surface area contributed by atoms with Crippen LogP contribution in [-0.2, 0) is 78.4 Å². The zero-order valence-electron chi connectivity index (χ0n) is 47.8. The third-order valence-corrected chi connectivity index (χ3v) is 12.9. The van der Waals surface area contributed by atoms with Crippen LogP contribution in [0.4, 0.5) is 0 Å². The molecule has 0 saturated carbocycles. The Bertz CT molecular complexity index is 2910. The normalized spacial score (nSPS) is 14.1. The number of nitrogens with zero attached hydrogens (tertiary/aromatic N) is 2. The SMILES string of the molecule is CC(C)C[C@H](NC(=O)[C@H](C)N)C(=O)N[C@@H](C)C(=O)NCC(=O)N[C@@H](CC(=O)O)C(=O)N[C@@H](Cc1cnc[nH]1)C(=O)N[C@@H](Cc1ccccc1)C(=O)N[C@@H](Cc1ccccc1)C(=O)N[C@@H](CCCN=C(N)N)C(=O)N[C@@H](Cc1ccccc1)C(N)=O. The minimum atomic E-state index is -1.84. The number of guanidine groups is 1. The van der Waals surface area contributed by atoms with E-state index in [2.05, 4.69) is 62.8 Å². The maximum absolute atomic E-state index is 14.8. The van der Waals surface area contributed by atoms with Gasteiger partial charge in [-0.05, 0) is 55.7 Å². The highest BCUT2D eigenvalue weighted by atomic mass is 16.4. The lowest BCUT2D eigenvalue weighted by Crippen LogP contribution is -2.61. The van der Waals surface area contributed by atoms with Gasteiger partial charge < -0.3 is 80.9 Å². The van der Waals surface area contributed by atoms with Gasteiger partial charge in [0.2, 0.25) is 59.1 Å². The number of aliphatic carboxylic acids is 1. The summed E-state index contributed by atoms with van der Waals surface area (Å²) in [6.07, 6.45) is 1.42. The van der Waals surface area contributed by atoms with E-state index in [-0.39, 0.29) is 63.4 Å². The molecule has 0 aliphatic rings. The second kappa shape index (κ2) is 34.7. The number of carbonyl (C=O) groups excluding carboxylic acids is 10. The summed E-state index contributed by atoms with van der Waals surface area (Å²) in [7, 11) is 0. The first kappa shape index (κ1) is 67.8. The van der Waals surface area contributed by atoms with E-state index in [4.69, 9.17) is 22.9 Å². The number of carboxylic acids is 1. The van der Waals surface area contributed by atoms with Crippen molar-refractivity contribution in [3.63, 3.8) is 0 Å². The average Bonchev–Trinajstić information content (AvgIpc) is 4.10. The fourth-order valence-corrected chi connectivity index (χ4v) is 8.49. The second-order valence-corrected chi connectivity index (χ2v) is 20.7. The van der Waals surface area contributed by atoms with Crippen LogP contribution in [-0.4, -0.2) is 154 Å². The van der Waals surface area contributed by atoms with E-state index < -0.39 is 132 Å². The third-order valence-electron chi connectivity index (χ3n) is 12.9. The fourth-order valence-electron chi connectivity index (χ4n) is 8.49. The Kier molecular flexibility index (Phi) is 27.6. The Hall–Kier alpha value is -9.73. The molecule has 28 nitrogen and oxygen atoms in total. The summed E-state index contributed by atoms with van der Waals surface area (Å²) in [5.74, 6) is -10.4. The molecular weight excluding hydrogens is 1100 g/mol. The van der Waals surface area contributed by atoms with Gasteiger partial charge in [0, 0.05) is 44.1 Å². The molecule has 3 aromatic carbocycles. The molecule has 458 valence electrons. The zero-order chi connectivity index (χ0) is 62.6. The molecule has 0 aliphatic carbocycles. The number of primary amides is 1. The van der Waals surface area contributed by atoms with Gasteiger partial charge in [0.15, 0.2) is 5.96 Å². The maximum Gasteiger partial charge on any atom is 0.305 e. The molecule has 1 aromatic heterocycles. The largest absolute Gasteiger partial charge is 0.481 e. The Morgan fingerprint density at radius 1 is 0.529 bits per heavy atom. The number of rotatable bonds is 35. The Balaban J connectivity index is 1.58. The topological polar surface area (TPSA) is 461 Å². The molecule has 4 rings (SSSR count). The van der Waals surface area contributed by atoms with E-state index in [0.717, 1.165) is 0 Å². The number of aromatic amines is 1. The number of H-pyrrole nitrogens is 1. The van der Waals surface area contributed by atoms with Crippen LogP contribution in [0.2, 0.25) is 0 Å². The number of nitrogens with one attached hydrogen (secondary N) is 10. The molecule has 85 heavy (non-hydrogen) atoms. The molecule has 1 heterocycles. The van der Waals surface area contributed by atoms with Gasteiger partial charge in [0.25, 0.3) is 0 Å². The second-order valence-electron chi connectivity index (χ2n) is 20.7. The van der Waals surface area contributed by atoms with Gasteiger partial charge >= 0.3 is 5.97 Å².